The van der Waals surface area contributed by atoms with Crippen LogP contribution in [0, 0.1) is 0 Å². The van der Waals surface area contributed by atoms with Gasteiger partial charge in [0, 0.05) is 34.4 Å². The number of H-pyrrole nitrogens is 1. The van der Waals surface area contributed by atoms with Crippen LogP contribution in [-0.2, 0) is 0 Å². The number of fused-ring (bicyclic) bond motifs is 1. The molecule has 0 saturated carbocycles. The quantitative estimate of drug-likeness (QED) is 0.614. The molecule has 4 heteroatoms. The number of hydrogen-bond acceptors (Lipinski definition) is 3. The number of hydrogen-bond donors (Lipinski definition) is 1. The van der Waals surface area contributed by atoms with Crippen molar-refractivity contribution in [2.24, 2.45) is 0 Å². The van der Waals surface area contributed by atoms with Gasteiger partial charge in [0.25, 0.3) is 0 Å². The molecule has 0 saturated heterocycles. The van der Waals surface area contributed by atoms with Gasteiger partial charge in [-0.1, -0.05) is 12.1 Å². The first kappa shape index (κ1) is 13.5. The molecule has 0 unspecified atom stereocenters. The third-order valence-corrected chi connectivity index (χ3v) is 3.85. The fourth-order valence-electron chi connectivity index (χ4n) is 2.70. The largest absolute Gasteiger partial charge is 0.496 e. The Morgan fingerprint density at radius 1 is 1.00 bits per heavy atom. The second-order valence-corrected chi connectivity index (χ2v) is 5.25. The zero-order valence-electron chi connectivity index (χ0n) is 12.7. The van der Waals surface area contributed by atoms with Gasteiger partial charge in [-0.2, -0.15) is 0 Å². The van der Waals surface area contributed by atoms with Crippen molar-refractivity contribution in [1.29, 1.82) is 0 Å². The smallest absolute Gasteiger partial charge is 0.159 e. The number of nitrogens with one attached hydrogen (secondary N) is 1. The first-order chi connectivity index (χ1) is 11.3. The highest BCUT2D eigenvalue weighted by molar-refractivity contribution is 5.84. The summed E-state index contributed by atoms with van der Waals surface area (Å²) in [5.41, 5.74) is 3.91. The summed E-state index contributed by atoms with van der Waals surface area (Å²) in [6.07, 6.45) is 3.71. The highest BCUT2D eigenvalue weighted by Crippen LogP contribution is 2.29. The normalized spacial score (nSPS) is 10.8. The van der Waals surface area contributed by atoms with E-state index >= 15 is 0 Å². The highest BCUT2D eigenvalue weighted by Gasteiger charge is 2.09. The molecular weight excluding hydrogens is 286 g/mol. The van der Waals surface area contributed by atoms with E-state index in [1.54, 1.807) is 13.3 Å². The molecule has 0 aliphatic rings. The van der Waals surface area contributed by atoms with Gasteiger partial charge in [-0.05, 0) is 42.5 Å². The lowest BCUT2D eigenvalue weighted by molar-refractivity contribution is 0.416. The summed E-state index contributed by atoms with van der Waals surface area (Å²) in [5, 5.41) is 1.15. The van der Waals surface area contributed by atoms with E-state index in [2.05, 4.69) is 16.0 Å². The molecule has 0 amide bonds. The summed E-state index contributed by atoms with van der Waals surface area (Å²) in [7, 11) is 1.67. The van der Waals surface area contributed by atoms with Crippen LogP contribution in [0.5, 0.6) is 5.75 Å². The topological polar surface area (TPSA) is 50.8 Å². The molecule has 0 fully saturated rings. The molecule has 4 rings (SSSR count). The molecule has 0 bridgehead atoms. The van der Waals surface area contributed by atoms with Crippen molar-refractivity contribution in [1.82, 2.24) is 15.0 Å². The molecule has 0 aliphatic carbocycles. The summed E-state index contributed by atoms with van der Waals surface area (Å²) < 4.78 is 5.43. The summed E-state index contributed by atoms with van der Waals surface area (Å²) in [4.78, 5) is 12.3. The average Bonchev–Trinajstić information content (AvgIpc) is 3.09. The molecule has 2 aromatic carbocycles. The lowest BCUT2D eigenvalue weighted by Crippen LogP contribution is -1.93. The molecule has 112 valence electrons. The van der Waals surface area contributed by atoms with Crippen LogP contribution in [0.4, 0.5) is 0 Å². The van der Waals surface area contributed by atoms with Crippen LogP contribution < -0.4 is 4.74 Å². The first-order valence-corrected chi connectivity index (χ1v) is 7.39. The van der Waals surface area contributed by atoms with Crippen LogP contribution in [0.3, 0.4) is 0 Å². The molecule has 2 heterocycles. The van der Waals surface area contributed by atoms with Gasteiger partial charge < -0.3 is 9.72 Å². The number of aromatic nitrogens is 3. The Balaban J connectivity index is 1.82. The maximum atomic E-state index is 5.43. The molecule has 0 spiro atoms. The van der Waals surface area contributed by atoms with E-state index < -0.39 is 0 Å². The Hall–Kier alpha value is -3.14. The lowest BCUT2D eigenvalue weighted by atomic mass is 10.1. The fourth-order valence-corrected chi connectivity index (χ4v) is 2.70. The SMILES string of the molecule is COc1ccccc1-c1ccnc(-c2ccc3[nH]ccc3c2)n1. The predicted molar refractivity (Wildman–Crippen MR) is 91.3 cm³/mol. The van der Waals surface area contributed by atoms with Crippen LogP contribution >= 0.6 is 0 Å². The Kier molecular flexibility index (Phi) is 3.27. The van der Waals surface area contributed by atoms with E-state index in [1.807, 2.05) is 54.7 Å². The van der Waals surface area contributed by atoms with E-state index in [-0.39, 0.29) is 0 Å². The second-order valence-electron chi connectivity index (χ2n) is 5.25. The Morgan fingerprint density at radius 3 is 2.83 bits per heavy atom. The molecule has 0 atom stereocenters. The maximum Gasteiger partial charge on any atom is 0.159 e. The summed E-state index contributed by atoms with van der Waals surface area (Å²) in [6, 6.07) is 18.0. The van der Waals surface area contributed by atoms with Crippen LogP contribution in [-0.4, -0.2) is 22.1 Å². The maximum absolute atomic E-state index is 5.43. The van der Waals surface area contributed by atoms with E-state index in [1.165, 1.54) is 0 Å². The number of benzene rings is 2. The van der Waals surface area contributed by atoms with Gasteiger partial charge in [0.2, 0.25) is 0 Å². The molecule has 0 aliphatic heterocycles. The Morgan fingerprint density at radius 2 is 1.91 bits per heavy atom. The highest BCUT2D eigenvalue weighted by atomic mass is 16.5. The third-order valence-electron chi connectivity index (χ3n) is 3.85. The van der Waals surface area contributed by atoms with Crippen LogP contribution in [0.25, 0.3) is 33.5 Å². The molecule has 23 heavy (non-hydrogen) atoms. The number of ether oxygens (including phenoxy) is 1. The van der Waals surface area contributed by atoms with Gasteiger partial charge in [-0.25, -0.2) is 9.97 Å². The number of nitrogens with zero attached hydrogens (tertiary/aromatic N) is 2. The van der Waals surface area contributed by atoms with E-state index in [0.717, 1.165) is 33.5 Å². The van der Waals surface area contributed by atoms with Crippen molar-refractivity contribution in [2.45, 2.75) is 0 Å². The van der Waals surface area contributed by atoms with Crippen LogP contribution in [0.1, 0.15) is 0 Å². The van der Waals surface area contributed by atoms with Gasteiger partial charge in [0.15, 0.2) is 5.82 Å². The van der Waals surface area contributed by atoms with Gasteiger partial charge in [-0.3, -0.25) is 0 Å². The Bertz CT molecular complexity index is 975. The molecule has 1 N–H and O–H groups in total. The van der Waals surface area contributed by atoms with E-state index in [0.29, 0.717) is 5.82 Å². The first-order valence-electron chi connectivity index (χ1n) is 7.39. The number of rotatable bonds is 3. The van der Waals surface area contributed by atoms with Crippen molar-refractivity contribution in [3.05, 3.63) is 67.0 Å². The minimum absolute atomic E-state index is 0.705. The third kappa shape index (κ3) is 2.44. The zero-order chi connectivity index (χ0) is 15.6. The molecule has 2 aromatic heterocycles. The minimum Gasteiger partial charge on any atom is -0.496 e. The zero-order valence-corrected chi connectivity index (χ0v) is 12.7. The fraction of sp³-hybridized carbons (Fsp3) is 0.0526. The Labute approximate surface area is 133 Å². The predicted octanol–water partition coefficient (Wildman–Crippen LogP) is 4.30. The van der Waals surface area contributed by atoms with E-state index in [4.69, 9.17) is 9.72 Å². The summed E-state index contributed by atoms with van der Waals surface area (Å²) in [6.45, 7) is 0. The summed E-state index contributed by atoms with van der Waals surface area (Å²) in [5.74, 6) is 1.51. The van der Waals surface area contributed by atoms with Crippen molar-refractivity contribution >= 4 is 10.9 Å². The molecule has 4 nitrogen and oxygen atoms in total. The van der Waals surface area contributed by atoms with Gasteiger partial charge >= 0.3 is 0 Å². The average molecular weight is 301 g/mol. The van der Waals surface area contributed by atoms with Crippen molar-refractivity contribution < 1.29 is 4.74 Å². The molecule has 4 aromatic rings. The number of methoxy groups -OCH3 is 1. The van der Waals surface area contributed by atoms with Crippen molar-refractivity contribution in [2.75, 3.05) is 7.11 Å². The van der Waals surface area contributed by atoms with E-state index in [9.17, 15) is 0 Å². The monoisotopic (exact) mass is 301 g/mol. The van der Waals surface area contributed by atoms with Crippen LogP contribution in [0.2, 0.25) is 0 Å². The molecular formula is C19H15N3O. The lowest BCUT2D eigenvalue weighted by Gasteiger charge is -2.08. The minimum atomic E-state index is 0.705. The second kappa shape index (κ2) is 5.57. The molecule has 0 radical (unpaired) electrons. The van der Waals surface area contributed by atoms with Crippen LogP contribution in [0.15, 0.2) is 67.0 Å². The number of para-hydroxylation sites is 1. The standard InChI is InChI=1S/C19H15N3O/c1-23-18-5-3-2-4-15(18)17-9-11-21-19(22-17)14-6-7-16-13(12-14)8-10-20-16/h2-12,20H,1H3. The summed E-state index contributed by atoms with van der Waals surface area (Å²) >= 11 is 0. The van der Waals surface area contributed by atoms with Gasteiger partial charge in [0.1, 0.15) is 5.75 Å². The van der Waals surface area contributed by atoms with Gasteiger partial charge in [-0.15, -0.1) is 0 Å². The van der Waals surface area contributed by atoms with Crippen molar-refractivity contribution in [3.63, 3.8) is 0 Å². The number of aromatic amines is 1. The van der Waals surface area contributed by atoms with Crippen molar-refractivity contribution in [3.8, 4) is 28.4 Å². The van der Waals surface area contributed by atoms with Gasteiger partial charge in [0.05, 0.1) is 12.8 Å².